The minimum absolute atomic E-state index is 0.762. The molecule has 15 heavy (non-hydrogen) atoms. The number of aromatic nitrogens is 1. The second kappa shape index (κ2) is 3.40. The van der Waals surface area contributed by atoms with Gasteiger partial charge in [-0.25, -0.2) is 4.98 Å². The molecular weight excluding hydrogens is 186 g/mol. The lowest BCUT2D eigenvalue weighted by Gasteiger charge is -2.23. The van der Waals surface area contributed by atoms with Crippen molar-refractivity contribution >= 4 is 11.5 Å². The molecule has 0 aromatic carbocycles. The third-order valence-corrected chi connectivity index (χ3v) is 3.28. The molecule has 1 aromatic rings. The number of nitrogens with one attached hydrogen (secondary N) is 1. The van der Waals surface area contributed by atoms with Gasteiger partial charge < -0.3 is 10.2 Å². The van der Waals surface area contributed by atoms with Gasteiger partial charge >= 0.3 is 0 Å². The van der Waals surface area contributed by atoms with E-state index >= 15 is 0 Å². The van der Waals surface area contributed by atoms with E-state index in [1.165, 1.54) is 36.3 Å². The average Bonchev–Trinajstić information content (AvgIpc) is 3.03. The maximum Gasteiger partial charge on any atom is 0.152 e. The van der Waals surface area contributed by atoms with Gasteiger partial charge in [-0.15, -0.1) is 0 Å². The Hall–Kier alpha value is -1.25. The highest BCUT2D eigenvalue weighted by Gasteiger charge is 2.32. The third-order valence-electron chi connectivity index (χ3n) is 3.28. The molecule has 1 N–H and O–H groups in total. The first kappa shape index (κ1) is 9.01. The smallest absolute Gasteiger partial charge is 0.152 e. The molecular formula is C12H17N3. The zero-order valence-electron chi connectivity index (χ0n) is 9.16. The molecule has 1 aliphatic carbocycles. The molecule has 3 heteroatoms. The monoisotopic (exact) mass is 203 g/mol. The molecule has 1 aromatic heterocycles. The fraction of sp³-hybridized carbons (Fsp3) is 0.583. The maximum absolute atomic E-state index is 4.55. The summed E-state index contributed by atoms with van der Waals surface area (Å²) in [6, 6.07) is 2.85. The second-order valence-electron chi connectivity index (χ2n) is 4.53. The normalized spacial score (nSPS) is 20.5. The van der Waals surface area contributed by atoms with Crippen LogP contribution >= 0.6 is 0 Å². The van der Waals surface area contributed by atoms with Gasteiger partial charge in [0.2, 0.25) is 0 Å². The summed E-state index contributed by atoms with van der Waals surface area (Å²) < 4.78 is 0. The molecule has 0 unspecified atom stereocenters. The van der Waals surface area contributed by atoms with Crippen LogP contribution in [0.5, 0.6) is 0 Å². The number of pyridine rings is 1. The Morgan fingerprint density at radius 1 is 1.47 bits per heavy atom. The van der Waals surface area contributed by atoms with Crippen molar-refractivity contribution in [3.63, 3.8) is 0 Å². The van der Waals surface area contributed by atoms with Crippen molar-refractivity contribution in [3.05, 3.63) is 17.8 Å². The highest BCUT2D eigenvalue weighted by Crippen LogP contribution is 2.36. The summed E-state index contributed by atoms with van der Waals surface area (Å²) in [7, 11) is 0. The van der Waals surface area contributed by atoms with E-state index in [4.69, 9.17) is 0 Å². The van der Waals surface area contributed by atoms with Crippen LogP contribution in [-0.4, -0.2) is 24.1 Å². The Balaban J connectivity index is 2.04. The van der Waals surface area contributed by atoms with E-state index in [-0.39, 0.29) is 0 Å². The Labute approximate surface area is 90.5 Å². The van der Waals surface area contributed by atoms with E-state index in [9.17, 15) is 0 Å². The predicted octanol–water partition coefficient (Wildman–Crippen LogP) is 2.17. The first-order valence-electron chi connectivity index (χ1n) is 5.82. The van der Waals surface area contributed by atoms with Crippen molar-refractivity contribution in [2.24, 2.45) is 0 Å². The number of anilines is 2. The molecule has 80 valence electrons. The Morgan fingerprint density at radius 3 is 3.13 bits per heavy atom. The van der Waals surface area contributed by atoms with Crippen LogP contribution in [0.4, 0.5) is 11.5 Å². The van der Waals surface area contributed by atoms with E-state index in [1.807, 2.05) is 6.20 Å². The van der Waals surface area contributed by atoms with Crippen LogP contribution in [0.15, 0.2) is 12.3 Å². The van der Waals surface area contributed by atoms with E-state index < -0.39 is 0 Å². The molecule has 0 atom stereocenters. The van der Waals surface area contributed by atoms with Crippen LogP contribution in [0.25, 0.3) is 0 Å². The predicted molar refractivity (Wildman–Crippen MR) is 62.4 cm³/mol. The first-order chi connectivity index (χ1) is 7.36. The van der Waals surface area contributed by atoms with E-state index in [0.717, 1.165) is 19.1 Å². The van der Waals surface area contributed by atoms with Crippen LogP contribution in [0.1, 0.15) is 24.8 Å². The van der Waals surface area contributed by atoms with Crippen molar-refractivity contribution in [1.82, 2.24) is 4.98 Å². The van der Waals surface area contributed by atoms with Gasteiger partial charge in [0.05, 0.1) is 5.69 Å². The SMILES string of the molecule is Cc1ccnc2c1NCCCN2C1CC1. The first-order valence-corrected chi connectivity index (χ1v) is 5.82. The van der Waals surface area contributed by atoms with Crippen molar-refractivity contribution in [1.29, 1.82) is 0 Å². The molecule has 0 amide bonds. The molecule has 0 bridgehead atoms. The average molecular weight is 203 g/mol. The van der Waals surface area contributed by atoms with Gasteiger partial charge in [0.15, 0.2) is 5.82 Å². The quantitative estimate of drug-likeness (QED) is 0.758. The van der Waals surface area contributed by atoms with Gasteiger partial charge in [-0.3, -0.25) is 0 Å². The molecule has 1 aliphatic heterocycles. The highest BCUT2D eigenvalue weighted by molar-refractivity contribution is 5.70. The molecule has 2 heterocycles. The van der Waals surface area contributed by atoms with Crippen LogP contribution in [0.3, 0.4) is 0 Å². The summed E-state index contributed by atoms with van der Waals surface area (Å²) >= 11 is 0. The lowest BCUT2D eigenvalue weighted by molar-refractivity contribution is 0.751. The summed E-state index contributed by atoms with van der Waals surface area (Å²) in [6.07, 6.45) is 5.83. The number of fused-ring (bicyclic) bond motifs is 1. The summed E-state index contributed by atoms with van der Waals surface area (Å²) in [5.74, 6) is 1.18. The van der Waals surface area contributed by atoms with Crippen LogP contribution in [0, 0.1) is 6.92 Å². The van der Waals surface area contributed by atoms with Gasteiger partial charge in [-0.1, -0.05) is 0 Å². The number of hydrogen-bond donors (Lipinski definition) is 1. The Kier molecular flexibility index (Phi) is 2.04. The molecule has 3 nitrogen and oxygen atoms in total. The largest absolute Gasteiger partial charge is 0.382 e. The molecule has 0 spiro atoms. The number of rotatable bonds is 1. The Bertz CT molecular complexity index is 371. The van der Waals surface area contributed by atoms with Crippen LogP contribution < -0.4 is 10.2 Å². The van der Waals surface area contributed by atoms with Crippen molar-refractivity contribution in [2.75, 3.05) is 23.3 Å². The van der Waals surface area contributed by atoms with Crippen molar-refractivity contribution < 1.29 is 0 Å². The minimum atomic E-state index is 0.762. The molecule has 1 saturated carbocycles. The van der Waals surface area contributed by atoms with Gasteiger partial charge in [0.1, 0.15) is 0 Å². The maximum atomic E-state index is 4.55. The fourth-order valence-corrected chi connectivity index (χ4v) is 2.29. The fourth-order valence-electron chi connectivity index (χ4n) is 2.29. The standard InChI is InChI=1S/C12H17N3/c1-9-5-7-14-12-11(9)13-6-2-8-15(12)10-3-4-10/h5,7,10,13H,2-4,6,8H2,1H3. The second-order valence-corrected chi connectivity index (χ2v) is 4.53. The number of nitrogens with zero attached hydrogens (tertiary/aromatic N) is 2. The lowest BCUT2D eigenvalue weighted by atomic mass is 10.2. The van der Waals surface area contributed by atoms with Crippen LogP contribution in [-0.2, 0) is 0 Å². The molecule has 1 fully saturated rings. The molecule has 0 radical (unpaired) electrons. The van der Waals surface area contributed by atoms with E-state index in [1.54, 1.807) is 0 Å². The van der Waals surface area contributed by atoms with E-state index in [0.29, 0.717) is 0 Å². The number of aryl methyl sites for hydroxylation is 1. The third kappa shape index (κ3) is 1.56. The van der Waals surface area contributed by atoms with Gasteiger partial charge in [0, 0.05) is 25.3 Å². The van der Waals surface area contributed by atoms with Crippen molar-refractivity contribution in [3.8, 4) is 0 Å². The highest BCUT2D eigenvalue weighted by atomic mass is 15.3. The zero-order chi connectivity index (χ0) is 10.3. The lowest BCUT2D eigenvalue weighted by Crippen LogP contribution is -2.27. The summed E-state index contributed by atoms with van der Waals surface area (Å²) in [6.45, 7) is 4.38. The topological polar surface area (TPSA) is 28.2 Å². The van der Waals surface area contributed by atoms with Crippen molar-refractivity contribution in [2.45, 2.75) is 32.2 Å². The zero-order valence-corrected chi connectivity index (χ0v) is 9.16. The molecule has 2 aliphatic rings. The molecule has 3 rings (SSSR count). The number of hydrogen-bond acceptors (Lipinski definition) is 3. The van der Waals surface area contributed by atoms with Gasteiger partial charge in [-0.2, -0.15) is 0 Å². The summed E-state index contributed by atoms with van der Waals surface area (Å²) in [4.78, 5) is 7.03. The minimum Gasteiger partial charge on any atom is -0.382 e. The van der Waals surface area contributed by atoms with Gasteiger partial charge in [-0.05, 0) is 37.8 Å². The molecule has 0 saturated heterocycles. The van der Waals surface area contributed by atoms with Crippen LogP contribution in [0.2, 0.25) is 0 Å². The summed E-state index contributed by atoms with van der Waals surface area (Å²) in [5, 5.41) is 3.50. The summed E-state index contributed by atoms with van der Waals surface area (Å²) in [5.41, 5.74) is 2.56. The van der Waals surface area contributed by atoms with Gasteiger partial charge in [0.25, 0.3) is 0 Å². The van der Waals surface area contributed by atoms with E-state index in [2.05, 4.69) is 28.2 Å². The Morgan fingerprint density at radius 2 is 2.33 bits per heavy atom.